The second-order valence-corrected chi connectivity index (χ2v) is 11.1. The number of hydrogen-bond donors (Lipinski definition) is 2. The molecule has 0 aliphatic rings. The van der Waals surface area contributed by atoms with Gasteiger partial charge in [-0.15, -0.1) is 11.3 Å². The first-order valence-corrected chi connectivity index (χ1v) is 13.3. The van der Waals surface area contributed by atoms with Crippen LogP contribution >= 0.6 is 11.3 Å². The topological polar surface area (TPSA) is 112 Å². The summed E-state index contributed by atoms with van der Waals surface area (Å²) >= 11 is 1.03. The summed E-state index contributed by atoms with van der Waals surface area (Å²) in [5.74, 6) is -2.92. The highest BCUT2D eigenvalue weighted by molar-refractivity contribution is 7.10. The summed E-state index contributed by atoms with van der Waals surface area (Å²) in [6.07, 6.45) is 0. The molecule has 0 spiro atoms. The van der Waals surface area contributed by atoms with Gasteiger partial charge in [0, 0.05) is 5.38 Å². The highest BCUT2D eigenvalue weighted by Gasteiger charge is 2.60. The van der Waals surface area contributed by atoms with Crippen LogP contribution in [0.15, 0.2) is 96.4 Å². The normalized spacial score (nSPS) is 14.2. The van der Waals surface area contributed by atoms with Gasteiger partial charge in [-0.05, 0) is 37.5 Å². The summed E-state index contributed by atoms with van der Waals surface area (Å²) in [6.45, 7) is 5.20. The van der Waals surface area contributed by atoms with Crippen LogP contribution in [-0.2, 0) is 19.7 Å². The van der Waals surface area contributed by atoms with Crippen molar-refractivity contribution < 1.29 is 24.2 Å². The first-order chi connectivity index (χ1) is 18.5. The van der Waals surface area contributed by atoms with E-state index in [9.17, 15) is 14.7 Å². The Labute approximate surface area is 232 Å². The predicted molar refractivity (Wildman–Crippen MR) is 150 cm³/mol. The van der Waals surface area contributed by atoms with Gasteiger partial charge in [0.1, 0.15) is 10.6 Å². The molecule has 3 aromatic carbocycles. The average molecular weight is 545 g/mol. The van der Waals surface area contributed by atoms with E-state index in [-0.39, 0.29) is 10.7 Å². The molecule has 0 saturated carbocycles. The number of methoxy groups -OCH3 is 1. The number of esters is 2. The lowest BCUT2D eigenvalue weighted by atomic mass is 9.59. The molecule has 1 heterocycles. The third-order valence-electron chi connectivity index (χ3n) is 6.47. The van der Waals surface area contributed by atoms with Crippen molar-refractivity contribution in [3.05, 3.63) is 124 Å². The number of hydrogen-bond acceptors (Lipinski definition) is 8. The van der Waals surface area contributed by atoms with Crippen molar-refractivity contribution in [2.24, 2.45) is 5.73 Å². The third-order valence-corrected chi connectivity index (χ3v) is 7.38. The number of rotatable bonds is 8. The standard InChI is InChI=1S/C31H32N2O5S/c1-29(2,3)38-28(35)25(26-33-24(20-39-26)27(34)37-4)31(32,36)30(21-14-8-5-9-15-21,22-16-10-6-11-17-22)23-18-12-7-13-19-23/h5-20,25,36H,32H2,1-4H3. The van der Waals surface area contributed by atoms with Crippen molar-refractivity contribution in [1.29, 1.82) is 0 Å². The molecule has 4 rings (SSSR count). The van der Waals surface area contributed by atoms with E-state index >= 15 is 0 Å². The van der Waals surface area contributed by atoms with Crippen LogP contribution in [-0.4, -0.2) is 40.5 Å². The molecule has 0 radical (unpaired) electrons. The van der Waals surface area contributed by atoms with Crippen LogP contribution in [0.4, 0.5) is 0 Å². The number of ether oxygens (including phenoxy) is 2. The molecule has 3 N–H and O–H groups in total. The largest absolute Gasteiger partial charge is 0.464 e. The molecular formula is C31H32N2O5S. The van der Waals surface area contributed by atoms with E-state index in [1.807, 2.05) is 91.0 Å². The lowest BCUT2D eigenvalue weighted by Gasteiger charge is -2.49. The van der Waals surface area contributed by atoms with Gasteiger partial charge in [-0.2, -0.15) is 0 Å². The van der Waals surface area contributed by atoms with E-state index in [0.717, 1.165) is 11.3 Å². The zero-order chi connectivity index (χ0) is 28.3. The van der Waals surface area contributed by atoms with Gasteiger partial charge >= 0.3 is 11.9 Å². The number of benzene rings is 3. The third kappa shape index (κ3) is 5.36. The Morgan fingerprint density at radius 2 is 1.28 bits per heavy atom. The number of thiazole rings is 1. The van der Waals surface area contributed by atoms with Crippen LogP contribution in [0.1, 0.15) is 58.9 Å². The molecular weight excluding hydrogens is 512 g/mol. The Morgan fingerprint density at radius 1 is 0.846 bits per heavy atom. The zero-order valence-corrected chi connectivity index (χ0v) is 23.1. The maximum atomic E-state index is 14.0. The van der Waals surface area contributed by atoms with E-state index in [1.165, 1.54) is 12.5 Å². The minimum absolute atomic E-state index is 0.00610. The molecule has 39 heavy (non-hydrogen) atoms. The van der Waals surface area contributed by atoms with Crippen LogP contribution < -0.4 is 5.73 Å². The van der Waals surface area contributed by atoms with Crippen molar-refractivity contribution in [2.75, 3.05) is 7.11 Å². The molecule has 0 fully saturated rings. The average Bonchev–Trinajstić information content (AvgIpc) is 3.38. The summed E-state index contributed by atoms with van der Waals surface area (Å²) < 4.78 is 10.6. The smallest absolute Gasteiger partial charge is 0.357 e. The van der Waals surface area contributed by atoms with Gasteiger partial charge in [0.25, 0.3) is 0 Å². The summed E-state index contributed by atoms with van der Waals surface area (Å²) in [5.41, 5.74) is 4.40. The van der Waals surface area contributed by atoms with Crippen LogP contribution in [0.3, 0.4) is 0 Å². The number of aliphatic hydroxyl groups is 1. The highest BCUT2D eigenvalue weighted by Crippen LogP contribution is 2.51. The fourth-order valence-electron chi connectivity index (χ4n) is 4.92. The SMILES string of the molecule is COC(=O)c1csc(C(C(=O)OC(C)(C)C)C(N)(O)C(c2ccccc2)(c2ccccc2)c2ccccc2)n1. The summed E-state index contributed by atoms with van der Waals surface area (Å²) in [7, 11) is 1.25. The van der Waals surface area contributed by atoms with Crippen molar-refractivity contribution in [1.82, 2.24) is 4.98 Å². The van der Waals surface area contributed by atoms with Crippen molar-refractivity contribution in [3.63, 3.8) is 0 Å². The zero-order valence-electron chi connectivity index (χ0n) is 22.3. The quantitative estimate of drug-likeness (QED) is 0.182. The van der Waals surface area contributed by atoms with Crippen LogP contribution in [0, 0.1) is 0 Å². The molecule has 2 atom stereocenters. The number of nitrogens with zero attached hydrogens (tertiary/aromatic N) is 1. The van der Waals surface area contributed by atoms with Gasteiger partial charge in [-0.25, -0.2) is 9.78 Å². The molecule has 0 saturated heterocycles. The molecule has 8 heteroatoms. The maximum absolute atomic E-state index is 14.0. The first-order valence-electron chi connectivity index (χ1n) is 12.5. The van der Waals surface area contributed by atoms with Gasteiger partial charge in [0.15, 0.2) is 17.3 Å². The Hall–Kier alpha value is -3.85. The van der Waals surface area contributed by atoms with Crippen molar-refractivity contribution >= 4 is 23.3 Å². The number of carbonyl (C=O) groups is 2. The van der Waals surface area contributed by atoms with E-state index in [0.29, 0.717) is 16.7 Å². The molecule has 0 aliphatic carbocycles. The molecule has 7 nitrogen and oxygen atoms in total. The van der Waals surface area contributed by atoms with E-state index < -0.39 is 34.6 Å². The molecule has 2 unspecified atom stereocenters. The molecule has 4 aromatic rings. The van der Waals surface area contributed by atoms with Crippen LogP contribution in [0.5, 0.6) is 0 Å². The Bertz CT molecular complexity index is 1320. The number of nitrogens with two attached hydrogens (primary N) is 1. The molecule has 0 amide bonds. The monoisotopic (exact) mass is 544 g/mol. The van der Waals surface area contributed by atoms with Crippen molar-refractivity contribution in [2.45, 2.75) is 43.4 Å². The second-order valence-electron chi connectivity index (χ2n) is 10.2. The van der Waals surface area contributed by atoms with E-state index in [2.05, 4.69) is 4.98 Å². The first kappa shape index (κ1) is 28.2. The number of carbonyl (C=O) groups excluding carboxylic acids is 2. The Kier molecular flexibility index (Phi) is 8.02. The molecule has 202 valence electrons. The predicted octanol–water partition coefficient (Wildman–Crippen LogP) is 5.04. The van der Waals surface area contributed by atoms with Crippen LogP contribution in [0.2, 0.25) is 0 Å². The number of aromatic nitrogens is 1. The maximum Gasteiger partial charge on any atom is 0.357 e. The fourth-order valence-corrected chi connectivity index (χ4v) is 5.87. The van der Waals surface area contributed by atoms with E-state index in [1.54, 1.807) is 20.8 Å². The molecule has 0 aliphatic heterocycles. The van der Waals surface area contributed by atoms with Gasteiger partial charge < -0.3 is 20.3 Å². The Morgan fingerprint density at radius 3 is 1.67 bits per heavy atom. The Balaban J connectivity index is 2.09. The molecule has 0 bridgehead atoms. The summed E-state index contributed by atoms with van der Waals surface area (Å²) in [5, 5.41) is 14.4. The minimum atomic E-state index is -2.34. The highest BCUT2D eigenvalue weighted by atomic mass is 32.1. The minimum Gasteiger partial charge on any atom is -0.464 e. The molecule has 1 aromatic heterocycles. The summed E-state index contributed by atoms with van der Waals surface area (Å²) in [6, 6.07) is 27.9. The second kappa shape index (κ2) is 11.1. The van der Waals surface area contributed by atoms with Crippen LogP contribution in [0.25, 0.3) is 0 Å². The lowest BCUT2D eigenvalue weighted by Crippen LogP contribution is -2.65. The van der Waals surface area contributed by atoms with Gasteiger partial charge in [0.05, 0.1) is 12.5 Å². The fraction of sp³-hybridized carbons (Fsp3) is 0.258. The lowest BCUT2D eigenvalue weighted by molar-refractivity contribution is -0.166. The van der Waals surface area contributed by atoms with Gasteiger partial charge in [-0.1, -0.05) is 91.0 Å². The van der Waals surface area contributed by atoms with Crippen molar-refractivity contribution in [3.8, 4) is 0 Å². The summed E-state index contributed by atoms with van der Waals surface area (Å²) in [4.78, 5) is 30.7. The van der Waals surface area contributed by atoms with Gasteiger partial charge in [0.2, 0.25) is 0 Å². The van der Waals surface area contributed by atoms with Gasteiger partial charge in [-0.3, -0.25) is 4.79 Å². The van der Waals surface area contributed by atoms with E-state index in [4.69, 9.17) is 15.2 Å².